The minimum atomic E-state index is 0.237. The summed E-state index contributed by atoms with van der Waals surface area (Å²) in [7, 11) is 5.69. The van der Waals surface area contributed by atoms with Gasteiger partial charge in [0.25, 0.3) is 0 Å². The maximum atomic E-state index is 12.3. The lowest BCUT2D eigenvalue weighted by molar-refractivity contribution is -0.129. The summed E-state index contributed by atoms with van der Waals surface area (Å²) in [6, 6.07) is 8.85. The zero-order valence-electron chi connectivity index (χ0n) is 16.7. The smallest absolute Gasteiger partial charge is 0.222 e. The number of amides is 1. The summed E-state index contributed by atoms with van der Waals surface area (Å²) >= 11 is 0. The van der Waals surface area contributed by atoms with Gasteiger partial charge in [-0.3, -0.25) is 14.4 Å². The van der Waals surface area contributed by atoms with Crippen molar-refractivity contribution >= 4 is 5.91 Å². The Hall–Kier alpha value is -2.14. The Kier molecular flexibility index (Phi) is 4.81. The molecule has 1 aliphatic carbocycles. The van der Waals surface area contributed by atoms with Gasteiger partial charge in [-0.15, -0.1) is 0 Å². The fourth-order valence-corrected chi connectivity index (χ4v) is 5.03. The standard InChI is InChI=1S/C22H30N4O/c1-24(2)21(27)12-18-13-22(20-7-5-4-6-19(18)20)8-10-26(11-9-22)16-17-14-23-25(3)15-17/h4-7,14-15,18H,8-13,16H2,1-3H3/t18-/m1/s1. The predicted molar refractivity (Wildman–Crippen MR) is 107 cm³/mol. The number of likely N-dealkylation sites (tertiary alicyclic amines) is 1. The van der Waals surface area contributed by atoms with Crippen LogP contribution < -0.4 is 0 Å². The topological polar surface area (TPSA) is 41.4 Å². The lowest BCUT2D eigenvalue weighted by atomic mass is 9.73. The number of piperidine rings is 1. The minimum Gasteiger partial charge on any atom is -0.349 e. The molecule has 0 bridgehead atoms. The Bertz CT molecular complexity index is 817. The van der Waals surface area contributed by atoms with Crippen LogP contribution in [0.5, 0.6) is 0 Å². The van der Waals surface area contributed by atoms with Gasteiger partial charge in [0.2, 0.25) is 5.91 Å². The van der Waals surface area contributed by atoms with Crippen molar-refractivity contribution in [2.24, 2.45) is 7.05 Å². The molecule has 5 nitrogen and oxygen atoms in total. The number of aryl methyl sites for hydroxylation is 1. The van der Waals surface area contributed by atoms with E-state index >= 15 is 0 Å². The second-order valence-electron chi connectivity index (χ2n) is 8.56. The number of aromatic nitrogens is 2. The second kappa shape index (κ2) is 7.12. The maximum absolute atomic E-state index is 12.3. The van der Waals surface area contributed by atoms with E-state index in [0.717, 1.165) is 26.1 Å². The Labute approximate surface area is 162 Å². The molecule has 144 valence electrons. The molecular weight excluding hydrogens is 336 g/mol. The number of rotatable bonds is 4. The molecule has 2 heterocycles. The van der Waals surface area contributed by atoms with Gasteiger partial charge in [0.05, 0.1) is 6.20 Å². The highest BCUT2D eigenvalue weighted by Gasteiger charge is 2.45. The average molecular weight is 367 g/mol. The van der Waals surface area contributed by atoms with E-state index in [2.05, 4.69) is 40.5 Å². The zero-order chi connectivity index (χ0) is 19.0. The first-order valence-corrected chi connectivity index (χ1v) is 9.96. The van der Waals surface area contributed by atoms with E-state index in [4.69, 9.17) is 0 Å². The van der Waals surface area contributed by atoms with Crippen LogP contribution in [-0.2, 0) is 23.8 Å². The first-order chi connectivity index (χ1) is 13.0. The third kappa shape index (κ3) is 3.53. The highest BCUT2D eigenvalue weighted by Crippen LogP contribution is 2.52. The van der Waals surface area contributed by atoms with Gasteiger partial charge in [-0.05, 0) is 54.8 Å². The van der Waals surface area contributed by atoms with Crippen LogP contribution in [0.1, 0.15) is 48.3 Å². The van der Waals surface area contributed by atoms with Crippen LogP contribution in [-0.4, -0.2) is 52.7 Å². The molecule has 0 radical (unpaired) electrons. The lowest BCUT2D eigenvalue weighted by Crippen LogP contribution is -2.41. The number of carbonyl (C=O) groups is 1. The maximum Gasteiger partial charge on any atom is 0.222 e. The van der Waals surface area contributed by atoms with Crippen molar-refractivity contribution in [3.05, 3.63) is 53.3 Å². The molecule has 1 aliphatic heterocycles. The monoisotopic (exact) mass is 366 g/mol. The van der Waals surface area contributed by atoms with Gasteiger partial charge in [0.1, 0.15) is 0 Å². The van der Waals surface area contributed by atoms with Crippen molar-refractivity contribution in [1.82, 2.24) is 19.6 Å². The first kappa shape index (κ1) is 18.2. The van der Waals surface area contributed by atoms with Gasteiger partial charge in [-0.2, -0.15) is 5.10 Å². The van der Waals surface area contributed by atoms with Crippen molar-refractivity contribution in [2.45, 2.75) is 43.6 Å². The number of hydrogen-bond acceptors (Lipinski definition) is 3. The average Bonchev–Trinajstić information content (AvgIpc) is 3.19. The molecule has 1 atom stereocenters. The molecule has 0 N–H and O–H groups in total. The van der Waals surface area contributed by atoms with Crippen LogP contribution in [0.15, 0.2) is 36.7 Å². The molecule has 5 heteroatoms. The van der Waals surface area contributed by atoms with E-state index in [1.165, 1.54) is 29.5 Å². The van der Waals surface area contributed by atoms with E-state index in [9.17, 15) is 4.79 Å². The fraction of sp³-hybridized carbons (Fsp3) is 0.545. The first-order valence-electron chi connectivity index (χ1n) is 9.96. The van der Waals surface area contributed by atoms with Gasteiger partial charge >= 0.3 is 0 Å². The number of carbonyl (C=O) groups excluding carboxylic acids is 1. The van der Waals surface area contributed by atoms with Crippen LogP contribution >= 0.6 is 0 Å². The summed E-state index contributed by atoms with van der Waals surface area (Å²) in [6.07, 6.45) is 8.18. The SMILES string of the molecule is CN(C)C(=O)C[C@@H]1CC2(CCN(Cc3cnn(C)c3)CC2)c2ccccc21. The number of nitrogens with zero attached hydrogens (tertiary/aromatic N) is 4. The Morgan fingerprint density at radius 2 is 2.00 bits per heavy atom. The quantitative estimate of drug-likeness (QED) is 0.835. The van der Waals surface area contributed by atoms with Gasteiger partial charge < -0.3 is 4.90 Å². The van der Waals surface area contributed by atoms with Gasteiger partial charge in [0, 0.05) is 45.9 Å². The van der Waals surface area contributed by atoms with E-state index in [0.29, 0.717) is 12.3 Å². The van der Waals surface area contributed by atoms with Crippen molar-refractivity contribution in [1.29, 1.82) is 0 Å². The molecule has 0 saturated carbocycles. The Morgan fingerprint density at radius 1 is 1.26 bits per heavy atom. The Balaban J connectivity index is 1.48. The molecule has 1 amide bonds. The lowest BCUT2D eigenvalue weighted by Gasteiger charge is -2.40. The summed E-state index contributed by atoms with van der Waals surface area (Å²) in [4.78, 5) is 16.6. The van der Waals surface area contributed by atoms with E-state index in [-0.39, 0.29) is 11.3 Å². The number of hydrogen-bond donors (Lipinski definition) is 0. The summed E-state index contributed by atoms with van der Waals surface area (Å²) in [5.41, 5.74) is 4.45. The highest BCUT2D eigenvalue weighted by molar-refractivity contribution is 5.77. The van der Waals surface area contributed by atoms with Crippen LogP contribution in [0.2, 0.25) is 0 Å². The molecule has 0 unspecified atom stereocenters. The summed E-state index contributed by atoms with van der Waals surface area (Å²) in [5, 5.41) is 4.29. The molecule has 2 aliphatic rings. The number of benzene rings is 1. The Morgan fingerprint density at radius 3 is 2.67 bits per heavy atom. The highest BCUT2D eigenvalue weighted by atomic mass is 16.2. The molecule has 1 spiro atoms. The van der Waals surface area contributed by atoms with Crippen LogP contribution in [0.25, 0.3) is 0 Å². The number of fused-ring (bicyclic) bond motifs is 2. The fourth-order valence-electron chi connectivity index (χ4n) is 5.03. The molecule has 2 aromatic rings. The molecule has 1 aromatic carbocycles. The predicted octanol–water partition coefficient (Wildman–Crippen LogP) is 2.92. The second-order valence-corrected chi connectivity index (χ2v) is 8.56. The summed E-state index contributed by atoms with van der Waals surface area (Å²) in [5.74, 6) is 0.599. The summed E-state index contributed by atoms with van der Waals surface area (Å²) < 4.78 is 1.88. The van der Waals surface area contributed by atoms with Gasteiger partial charge in [0.15, 0.2) is 0 Å². The molecular formula is C22H30N4O. The van der Waals surface area contributed by atoms with E-state index < -0.39 is 0 Å². The van der Waals surface area contributed by atoms with Crippen molar-refractivity contribution in [3.63, 3.8) is 0 Å². The zero-order valence-corrected chi connectivity index (χ0v) is 16.7. The summed E-state index contributed by atoms with van der Waals surface area (Å²) in [6.45, 7) is 3.20. The molecule has 1 saturated heterocycles. The van der Waals surface area contributed by atoms with Crippen molar-refractivity contribution in [3.8, 4) is 0 Å². The third-order valence-corrected chi connectivity index (χ3v) is 6.51. The van der Waals surface area contributed by atoms with Gasteiger partial charge in [-0.25, -0.2) is 0 Å². The van der Waals surface area contributed by atoms with Crippen LogP contribution in [0.4, 0.5) is 0 Å². The minimum absolute atomic E-state index is 0.237. The molecule has 1 fully saturated rings. The molecule has 4 rings (SSSR count). The van der Waals surface area contributed by atoms with Crippen LogP contribution in [0.3, 0.4) is 0 Å². The molecule has 1 aromatic heterocycles. The normalized spacial score (nSPS) is 21.4. The largest absolute Gasteiger partial charge is 0.349 e. The van der Waals surface area contributed by atoms with Crippen molar-refractivity contribution in [2.75, 3.05) is 27.2 Å². The van der Waals surface area contributed by atoms with E-state index in [1.807, 2.05) is 32.0 Å². The van der Waals surface area contributed by atoms with Crippen LogP contribution in [0, 0.1) is 0 Å². The molecule has 27 heavy (non-hydrogen) atoms. The third-order valence-electron chi connectivity index (χ3n) is 6.51. The van der Waals surface area contributed by atoms with E-state index in [1.54, 1.807) is 4.90 Å². The van der Waals surface area contributed by atoms with Crippen molar-refractivity contribution < 1.29 is 4.79 Å². The van der Waals surface area contributed by atoms with Gasteiger partial charge in [-0.1, -0.05) is 24.3 Å².